The van der Waals surface area contributed by atoms with Crippen molar-refractivity contribution in [1.29, 1.82) is 0 Å². The summed E-state index contributed by atoms with van der Waals surface area (Å²) in [6.45, 7) is 3.86. The highest BCUT2D eigenvalue weighted by Gasteiger charge is 2.05. The van der Waals surface area contributed by atoms with Crippen molar-refractivity contribution in [2.75, 3.05) is 5.32 Å². The molecule has 3 N–H and O–H groups in total. The molecule has 0 amide bonds. The van der Waals surface area contributed by atoms with Gasteiger partial charge in [-0.2, -0.15) is 0 Å². The zero-order valence-corrected chi connectivity index (χ0v) is 15.5. The smallest absolute Gasteiger partial charge is 0.139 e. The summed E-state index contributed by atoms with van der Waals surface area (Å²) in [5.74, 6) is 0.500. The minimum atomic E-state index is 0.500. The highest BCUT2D eigenvalue weighted by atomic mass is 35.5. The summed E-state index contributed by atoms with van der Waals surface area (Å²) >= 11 is 7.36. The number of hydrogen-bond acceptors (Lipinski definition) is 5. The number of benzene rings is 2. The van der Waals surface area contributed by atoms with Crippen molar-refractivity contribution in [3.05, 3.63) is 88.5 Å². The Kier molecular flexibility index (Phi) is 5.84. The summed E-state index contributed by atoms with van der Waals surface area (Å²) in [4.78, 5) is 8.80. The van der Waals surface area contributed by atoms with E-state index in [0.29, 0.717) is 16.5 Å². The molecule has 0 unspecified atom stereocenters. The Morgan fingerprint density at radius 2 is 1.88 bits per heavy atom. The maximum atomic E-state index is 6.09. The molecule has 130 valence electrons. The van der Waals surface area contributed by atoms with Gasteiger partial charge in [-0.1, -0.05) is 48.5 Å². The number of allylic oxidation sites excluding steroid dienone is 1. The molecule has 0 fully saturated rings. The molecule has 26 heavy (non-hydrogen) atoms. The van der Waals surface area contributed by atoms with Crippen LogP contribution in [-0.4, -0.2) is 11.2 Å². The van der Waals surface area contributed by atoms with Crippen molar-refractivity contribution in [2.24, 2.45) is 10.7 Å². The van der Waals surface area contributed by atoms with Crippen molar-refractivity contribution in [3.63, 3.8) is 0 Å². The Morgan fingerprint density at radius 3 is 2.62 bits per heavy atom. The number of rotatable bonds is 6. The molecule has 0 aliphatic rings. The molecule has 1 heterocycles. The van der Waals surface area contributed by atoms with Gasteiger partial charge in [0.1, 0.15) is 10.8 Å². The number of halogens is 1. The van der Waals surface area contributed by atoms with E-state index in [0.717, 1.165) is 22.0 Å². The van der Waals surface area contributed by atoms with E-state index in [1.165, 1.54) is 11.3 Å². The number of thiazole rings is 1. The third kappa shape index (κ3) is 4.81. The predicted molar refractivity (Wildman–Crippen MR) is 112 cm³/mol. The Bertz CT molecular complexity index is 943. The third-order valence-corrected chi connectivity index (χ3v) is 4.58. The molecule has 3 aromatic rings. The van der Waals surface area contributed by atoms with E-state index < -0.39 is 0 Å². The Balaban J connectivity index is 1.62. The first-order valence-corrected chi connectivity index (χ1v) is 9.10. The molecular formula is C20H17ClN4S. The lowest BCUT2D eigenvalue weighted by molar-refractivity contribution is 1.33. The molecule has 0 spiro atoms. The van der Waals surface area contributed by atoms with E-state index in [2.05, 4.69) is 21.9 Å². The summed E-state index contributed by atoms with van der Waals surface area (Å²) in [7, 11) is 0. The maximum Gasteiger partial charge on any atom is 0.139 e. The van der Waals surface area contributed by atoms with E-state index in [4.69, 9.17) is 17.3 Å². The van der Waals surface area contributed by atoms with Crippen LogP contribution in [0.15, 0.2) is 83.4 Å². The van der Waals surface area contributed by atoms with Crippen LogP contribution in [0.5, 0.6) is 0 Å². The minimum absolute atomic E-state index is 0.500. The molecule has 1 aromatic heterocycles. The highest BCUT2D eigenvalue weighted by molar-refractivity contribution is 7.11. The molecule has 4 nitrogen and oxygen atoms in total. The van der Waals surface area contributed by atoms with Gasteiger partial charge in [0, 0.05) is 27.9 Å². The van der Waals surface area contributed by atoms with Gasteiger partial charge in [-0.3, -0.25) is 0 Å². The summed E-state index contributed by atoms with van der Waals surface area (Å²) < 4.78 is 0. The lowest BCUT2D eigenvalue weighted by atomic mass is 10.2. The zero-order chi connectivity index (χ0) is 18.4. The van der Waals surface area contributed by atoms with Gasteiger partial charge in [0.15, 0.2) is 0 Å². The molecule has 0 saturated carbocycles. The highest BCUT2D eigenvalue weighted by Crippen LogP contribution is 2.24. The fourth-order valence-electron chi connectivity index (χ4n) is 2.16. The Morgan fingerprint density at radius 1 is 1.15 bits per heavy atom. The summed E-state index contributed by atoms with van der Waals surface area (Å²) in [6.07, 6.45) is 3.31. The van der Waals surface area contributed by atoms with Gasteiger partial charge in [0.25, 0.3) is 0 Å². The molecule has 2 aromatic carbocycles. The summed E-state index contributed by atoms with van der Waals surface area (Å²) in [5.41, 5.74) is 9.49. The van der Waals surface area contributed by atoms with Crippen LogP contribution in [0.4, 0.5) is 5.69 Å². The van der Waals surface area contributed by atoms with Crippen molar-refractivity contribution in [3.8, 4) is 11.3 Å². The van der Waals surface area contributed by atoms with Crippen LogP contribution in [0.1, 0.15) is 5.01 Å². The van der Waals surface area contributed by atoms with Gasteiger partial charge in [0.05, 0.1) is 11.4 Å². The normalized spacial score (nSPS) is 11.7. The fourth-order valence-corrected chi connectivity index (χ4v) is 3.05. The third-order valence-electron chi connectivity index (χ3n) is 3.44. The summed E-state index contributed by atoms with van der Waals surface area (Å²) in [5, 5.41) is 6.50. The van der Waals surface area contributed by atoms with E-state index in [1.807, 2.05) is 47.8 Å². The van der Waals surface area contributed by atoms with E-state index in [-0.39, 0.29) is 0 Å². The van der Waals surface area contributed by atoms with Crippen LogP contribution in [0.25, 0.3) is 17.0 Å². The first-order valence-electron chi connectivity index (χ1n) is 7.84. The number of nitrogens with two attached hydrogens (primary N) is 1. The van der Waals surface area contributed by atoms with Crippen LogP contribution in [0, 0.1) is 0 Å². The molecule has 0 radical (unpaired) electrons. The van der Waals surface area contributed by atoms with Crippen LogP contribution < -0.4 is 11.1 Å². The molecule has 0 saturated heterocycles. The number of aromatic nitrogens is 1. The lowest BCUT2D eigenvalue weighted by Gasteiger charge is -2.04. The quantitative estimate of drug-likeness (QED) is 0.561. The maximum absolute atomic E-state index is 6.09. The van der Waals surface area contributed by atoms with Crippen molar-refractivity contribution in [2.45, 2.75) is 0 Å². The molecule has 0 atom stereocenters. The summed E-state index contributed by atoms with van der Waals surface area (Å²) in [6, 6.07) is 17.3. The van der Waals surface area contributed by atoms with Crippen molar-refractivity contribution in [1.82, 2.24) is 4.98 Å². The molecule has 0 bridgehead atoms. The van der Waals surface area contributed by atoms with Gasteiger partial charge in [-0.25, -0.2) is 9.98 Å². The average Bonchev–Trinajstić information content (AvgIpc) is 3.15. The first kappa shape index (κ1) is 17.9. The Hall–Kier alpha value is -2.89. The Labute approximate surface area is 161 Å². The SMILES string of the molecule is C=C(/N=C\C=C(/N)c1nc(-c2ccccc2)cs1)Nc1ccc(Cl)cc1. The first-order chi connectivity index (χ1) is 12.6. The second-order valence-electron chi connectivity index (χ2n) is 5.38. The number of hydrogen-bond donors (Lipinski definition) is 2. The second-order valence-corrected chi connectivity index (χ2v) is 6.68. The number of aliphatic imine (C=N–C) groups is 1. The number of nitrogens with one attached hydrogen (secondary N) is 1. The topological polar surface area (TPSA) is 63.3 Å². The van der Waals surface area contributed by atoms with Crippen LogP contribution in [-0.2, 0) is 0 Å². The molecule has 0 aliphatic heterocycles. The number of nitrogens with zero attached hydrogens (tertiary/aromatic N) is 2. The van der Waals surface area contributed by atoms with E-state index in [9.17, 15) is 0 Å². The average molecular weight is 381 g/mol. The number of anilines is 1. The van der Waals surface area contributed by atoms with Gasteiger partial charge < -0.3 is 11.1 Å². The molecule has 6 heteroatoms. The standard InChI is InChI=1S/C20H17ClN4S/c1-14(24-17-9-7-16(21)8-10-17)23-12-11-18(22)20-25-19(13-26-20)15-5-3-2-4-6-15/h2-13,24H,1,22H2/b18-11-,23-12-. The van der Waals surface area contributed by atoms with Crippen LogP contribution in [0.3, 0.4) is 0 Å². The van der Waals surface area contributed by atoms with Gasteiger partial charge >= 0.3 is 0 Å². The fraction of sp³-hybridized carbons (Fsp3) is 0. The molecular weight excluding hydrogens is 364 g/mol. The predicted octanol–water partition coefficient (Wildman–Crippen LogP) is 5.42. The minimum Gasteiger partial charge on any atom is -0.396 e. The van der Waals surface area contributed by atoms with Crippen LogP contribution in [0.2, 0.25) is 5.02 Å². The second kappa shape index (κ2) is 8.47. The lowest BCUT2D eigenvalue weighted by Crippen LogP contribution is -1.97. The molecule has 0 aliphatic carbocycles. The van der Waals surface area contributed by atoms with Crippen molar-refractivity contribution >= 4 is 40.5 Å². The molecule has 3 rings (SSSR count). The largest absolute Gasteiger partial charge is 0.396 e. The zero-order valence-electron chi connectivity index (χ0n) is 13.9. The van der Waals surface area contributed by atoms with Crippen molar-refractivity contribution < 1.29 is 0 Å². The van der Waals surface area contributed by atoms with E-state index >= 15 is 0 Å². The van der Waals surface area contributed by atoms with Gasteiger partial charge in [0.2, 0.25) is 0 Å². The van der Waals surface area contributed by atoms with Gasteiger partial charge in [-0.15, -0.1) is 11.3 Å². The monoisotopic (exact) mass is 380 g/mol. The van der Waals surface area contributed by atoms with E-state index in [1.54, 1.807) is 24.4 Å². The van der Waals surface area contributed by atoms with Crippen LogP contribution >= 0.6 is 22.9 Å². The van der Waals surface area contributed by atoms with Gasteiger partial charge in [-0.05, 0) is 30.3 Å².